The van der Waals surface area contributed by atoms with Crippen molar-refractivity contribution in [2.45, 2.75) is 123 Å². The molecule has 0 radical (unpaired) electrons. The van der Waals surface area contributed by atoms with E-state index in [4.69, 9.17) is 56.8 Å². The molecule has 0 aliphatic carbocycles. The Hall–Kier alpha value is -5.61. The molecule has 374 valence electrons. The molecule has 2 aromatic carbocycles. The molecule has 20 heteroatoms. The lowest BCUT2D eigenvalue weighted by Gasteiger charge is -2.24. The van der Waals surface area contributed by atoms with Crippen molar-refractivity contribution in [1.29, 1.82) is 0 Å². The number of ether oxygens (including phenoxy) is 12. The smallest absolute Gasteiger partial charge is 0.344 e. The van der Waals surface area contributed by atoms with Crippen molar-refractivity contribution in [3.8, 4) is 23.0 Å². The van der Waals surface area contributed by atoms with Crippen LogP contribution in [0.1, 0.15) is 88.9 Å². The molecule has 2 aromatic rings. The third-order valence-electron chi connectivity index (χ3n) is 11.3. The highest BCUT2D eigenvalue weighted by atomic mass is 16.8. The summed E-state index contributed by atoms with van der Waals surface area (Å²) < 4.78 is 66.5. The van der Waals surface area contributed by atoms with E-state index >= 15 is 0 Å². The van der Waals surface area contributed by atoms with Gasteiger partial charge in [0, 0.05) is 50.3 Å². The maximum Gasteiger partial charge on any atom is 0.344 e. The molecule has 6 rings (SSSR count). The summed E-state index contributed by atoms with van der Waals surface area (Å²) >= 11 is 0. The molecular weight excluding hydrogens is 893 g/mol. The summed E-state index contributed by atoms with van der Waals surface area (Å²) in [4.78, 5) is 65.2. The van der Waals surface area contributed by atoms with Crippen LogP contribution in [0.3, 0.4) is 0 Å². The maximum absolute atomic E-state index is 13.2. The van der Waals surface area contributed by atoms with Crippen molar-refractivity contribution in [2.75, 3.05) is 52.7 Å². The predicted molar refractivity (Wildman–Crippen MR) is 243 cm³/mol. The van der Waals surface area contributed by atoms with Crippen LogP contribution in [0.2, 0.25) is 0 Å². The number of anilines is 2. The predicted octanol–water partition coefficient (Wildman–Crippen LogP) is 5.49. The highest BCUT2D eigenvalue weighted by Crippen LogP contribution is 2.38. The van der Waals surface area contributed by atoms with Crippen molar-refractivity contribution in [3.05, 3.63) is 59.7 Å². The normalized spacial score (nSPS) is 29.2. The lowest BCUT2D eigenvalue weighted by molar-refractivity contribution is -0.153. The van der Waals surface area contributed by atoms with Crippen molar-refractivity contribution in [2.24, 2.45) is 11.8 Å². The molecule has 4 aliphatic rings. The summed E-state index contributed by atoms with van der Waals surface area (Å²) in [6.07, 6.45) is 0.668. The van der Waals surface area contributed by atoms with Crippen LogP contribution in [0.15, 0.2) is 48.6 Å². The fraction of sp³-hybridized carbons (Fsp3) is 0.562. The second-order valence-electron chi connectivity index (χ2n) is 17.5. The van der Waals surface area contributed by atoms with Gasteiger partial charge in [-0.25, -0.2) is 9.59 Å². The van der Waals surface area contributed by atoms with E-state index in [2.05, 4.69) is 10.6 Å². The van der Waals surface area contributed by atoms with E-state index < -0.39 is 78.1 Å². The molecule has 2 amide bonds. The van der Waals surface area contributed by atoms with Gasteiger partial charge in [0.05, 0.1) is 44.5 Å². The first kappa shape index (κ1) is 53.3. The Bertz CT molecular complexity index is 2210. The van der Waals surface area contributed by atoms with Gasteiger partial charge in [-0.3, -0.25) is 14.4 Å². The Balaban J connectivity index is 0.000000254. The molecule has 1 unspecified atom stereocenters. The number of hydrogen-bond acceptors (Lipinski definition) is 18. The van der Waals surface area contributed by atoms with Gasteiger partial charge in [0.25, 0.3) is 0 Å². The van der Waals surface area contributed by atoms with E-state index in [9.17, 15) is 29.1 Å². The van der Waals surface area contributed by atoms with Crippen molar-refractivity contribution >= 4 is 40.9 Å². The molecule has 68 heavy (non-hydrogen) atoms. The zero-order valence-corrected chi connectivity index (χ0v) is 40.5. The molecule has 0 aromatic heterocycles. The minimum atomic E-state index is -1.03. The van der Waals surface area contributed by atoms with Gasteiger partial charge in [-0.2, -0.15) is 0 Å². The van der Waals surface area contributed by atoms with Gasteiger partial charge in [0.2, 0.25) is 11.8 Å². The lowest BCUT2D eigenvalue weighted by atomic mass is 10.00. The van der Waals surface area contributed by atoms with Gasteiger partial charge in [0.1, 0.15) is 70.7 Å². The fourth-order valence-electron chi connectivity index (χ4n) is 7.53. The topological polar surface area (TPSA) is 240 Å². The SMILES string of the molecule is COCOc1cc(OC)cc2c1C(=O)O[C@@H](C)[C@H](C)/C=C\C(=O)[C@H]1OC(C)(C)O[C@H]1CC(=O)N2.COCOc1cc(OC)cc2c1C(=O)O[C@@H](C)[C@H](C)/C=C\C(O)[C@H]1OC(C)(C)O[C@H]1CC(=O)N2. The number of cyclic esters (lactones) is 2. The summed E-state index contributed by atoms with van der Waals surface area (Å²) in [5.41, 5.74) is 0.340. The Morgan fingerprint density at radius 3 is 1.56 bits per heavy atom. The fourth-order valence-corrected chi connectivity index (χ4v) is 7.53. The molecule has 0 bridgehead atoms. The van der Waals surface area contributed by atoms with Crippen LogP contribution >= 0.6 is 0 Å². The van der Waals surface area contributed by atoms with Crippen LogP contribution in [0, 0.1) is 11.8 Å². The lowest BCUT2D eigenvalue weighted by Crippen LogP contribution is -2.37. The summed E-state index contributed by atoms with van der Waals surface area (Å²) in [6, 6.07) is 6.03. The number of fused-ring (bicyclic) bond motifs is 4. The number of hydrogen-bond donors (Lipinski definition) is 3. The average Bonchev–Trinajstić information content (AvgIpc) is 3.76. The van der Waals surface area contributed by atoms with Crippen LogP contribution < -0.4 is 29.6 Å². The Labute approximate surface area is 395 Å². The minimum Gasteiger partial charge on any atom is -0.497 e. The van der Waals surface area contributed by atoms with E-state index in [1.807, 2.05) is 13.8 Å². The number of benzene rings is 2. The van der Waals surface area contributed by atoms with Gasteiger partial charge in [-0.1, -0.05) is 32.1 Å². The monoisotopic (exact) mass is 956 g/mol. The van der Waals surface area contributed by atoms with Gasteiger partial charge >= 0.3 is 11.9 Å². The highest BCUT2D eigenvalue weighted by Gasteiger charge is 2.47. The molecule has 9 atom stereocenters. The number of methoxy groups -OCH3 is 4. The molecule has 0 saturated carbocycles. The Morgan fingerprint density at radius 1 is 0.618 bits per heavy atom. The second kappa shape index (κ2) is 23.1. The maximum atomic E-state index is 13.2. The van der Waals surface area contributed by atoms with E-state index in [-0.39, 0.29) is 78.0 Å². The molecule has 2 fully saturated rings. The van der Waals surface area contributed by atoms with Crippen molar-refractivity contribution in [3.63, 3.8) is 0 Å². The zero-order chi connectivity index (χ0) is 50.1. The number of aliphatic hydroxyl groups excluding tert-OH is 1. The van der Waals surface area contributed by atoms with Gasteiger partial charge < -0.3 is 72.6 Å². The third kappa shape index (κ3) is 13.8. The van der Waals surface area contributed by atoms with E-state index in [1.54, 1.807) is 59.8 Å². The van der Waals surface area contributed by atoms with Crippen LogP contribution in [-0.4, -0.2) is 131 Å². The minimum absolute atomic E-state index is 0.0165. The zero-order valence-electron chi connectivity index (χ0n) is 40.5. The number of carbonyl (C=O) groups is 5. The summed E-state index contributed by atoms with van der Waals surface area (Å²) in [7, 11) is 5.80. The average molecular weight is 957 g/mol. The first-order valence-electron chi connectivity index (χ1n) is 22.1. The van der Waals surface area contributed by atoms with Crippen LogP contribution in [0.5, 0.6) is 23.0 Å². The first-order chi connectivity index (χ1) is 32.1. The van der Waals surface area contributed by atoms with E-state index in [0.717, 1.165) is 0 Å². The van der Waals surface area contributed by atoms with Crippen LogP contribution in [0.4, 0.5) is 11.4 Å². The summed E-state index contributed by atoms with van der Waals surface area (Å²) in [5.74, 6) is -4.23. The van der Waals surface area contributed by atoms with Crippen LogP contribution in [-0.2, 0) is 52.3 Å². The van der Waals surface area contributed by atoms with Gasteiger partial charge in [-0.15, -0.1) is 0 Å². The van der Waals surface area contributed by atoms with E-state index in [0.29, 0.717) is 11.5 Å². The van der Waals surface area contributed by atoms with Crippen molar-refractivity contribution in [1.82, 2.24) is 0 Å². The third-order valence-corrected chi connectivity index (χ3v) is 11.3. The van der Waals surface area contributed by atoms with Gasteiger partial charge in [0.15, 0.2) is 30.9 Å². The number of esters is 2. The number of aliphatic hydroxyl groups is 1. The van der Waals surface area contributed by atoms with Crippen molar-refractivity contribution < 1.29 is 85.9 Å². The molecule has 4 heterocycles. The number of ketones is 1. The van der Waals surface area contributed by atoms with Gasteiger partial charge in [-0.05, 0) is 47.6 Å². The number of carbonyl (C=O) groups excluding carboxylic acids is 5. The number of rotatable bonds is 8. The molecule has 20 nitrogen and oxygen atoms in total. The molecule has 4 aliphatic heterocycles. The molecular formula is C48H64N2O18. The Kier molecular flexibility index (Phi) is 18.1. The van der Waals surface area contributed by atoms with Crippen LogP contribution in [0.25, 0.3) is 0 Å². The van der Waals surface area contributed by atoms with E-state index in [1.165, 1.54) is 58.8 Å². The standard InChI is InChI=1S/C24H33NO9.C24H31NO9/c2*1-13-7-8-17(26)22-19(33-24(3,4)34-22)11-20(27)25-16-9-15(30-6)10-18(31-12-29-5)21(16)23(28)32-14(13)2/h7-10,13-14,17,19,22,26H,11-12H2,1-6H3,(H,25,27);7-10,13-14,19,22H,11-12H2,1-6H3,(H,25,27)/b2*8-7-/t13-,14+,17?,19+,22-;13-,14+,19+,22-/m11/s1. The summed E-state index contributed by atoms with van der Waals surface area (Å²) in [5, 5.41) is 16.2. The Morgan fingerprint density at radius 2 is 1.07 bits per heavy atom. The second-order valence-corrected chi connectivity index (χ2v) is 17.5. The quantitative estimate of drug-likeness (QED) is 0.168. The summed E-state index contributed by atoms with van der Waals surface area (Å²) in [6.45, 7) is 13.7. The number of nitrogens with one attached hydrogen (secondary N) is 2. The molecule has 0 spiro atoms. The molecule has 2 saturated heterocycles. The number of amides is 2. The largest absolute Gasteiger partial charge is 0.497 e. The highest BCUT2D eigenvalue weighted by molar-refractivity contribution is 6.05. The molecule has 3 N–H and O–H groups in total. The first-order valence-corrected chi connectivity index (χ1v) is 22.1.